The van der Waals surface area contributed by atoms with Gasteiger partial charge in [0.25, 0.3) is 0 Å². The summed E-state index contributed by atoms with van der Waals surface area (Å²) < 4.78 is 16.7. The highest BCUT2D eigenvalue weighted by molar-refractivity contribution is 5.87. The quantitative estimate of drug-likeness (QED) is 0.107. The second-order valence-electron chi connectivity index (χ2n) is 14.4. The van der Waals surface area contributed by atoms with Crippen LogP contribution in [-0.2, 0) is 9.53 Å². The fraction of sp³-hybridized carbons (Fsp3) is 0.711. The van der Waals surface area contributed by atoms with Crippen molar-refractivity contribution in [2.45, 2.75) is 123 Å². The molecule has 0 bridgehead atoms. The molecule has 3 saturated carbocycles. The summed E-state index contributed by atoms with van der Waals surface area (Å²) >= 11 is 0. The summed E-state index contributed by atoms with van der Waals surface area (Å²) in [5.74, 6) is 4.54. The first kappa shape index (κ1) is 31.2. The highest BCUT2D eigenvalue weighted by Gasteiger charge is 2.58. The van der Waals surface area contributed by atoms with Crippen molar-refractivity contribution in [3.8, 4) is 11.5 Å². The summed E-state index contributed by atoms with van der Waals surface area (Å²) in [5.41, 5.74) is 3.29. The normalized spacial score (nSPS) is 33.8. The number of allylic oxidation sites excluding steroid dienone is 1. The number of hydrogen-bond donors (Lipinski definition) is 0. The van der Waals surface area contributed by atoms with Crippen molar-refractivity contribution in [3.05, 3.63) is 41.5 Å². The van der Waals surface area contributed by atoms with Crippen molar-refractivity contribution >= 4 is 12.0 Å². The number of carbonyl (C=O) groups excluding carboxylic acids is 1. The van der Waals surface area contributed by atoms with Gasteiger partial charge < -0.3 is 14.2 Å². The first-order chi connectivity index (χ1) is 20.3. The van der Waals surface area contributed by atoms with Gasteiger partial charge in [-0.25, -0.2) is 4.79 Å². The van der Waals surface area contributed by atoms with Crippen LogP contribution in [0.5, 0.6) is 11.5 Å². The van der Waals surface area contributed by atoms with E-state index >= 15 is 0 Å². The Bertz CT molecular complexity index is 1140. The molecule has 0 unspecified atom stereocenters. The number of hydrogen-bond acceptors (Lipinski definition) is 4. The summed E-state index contributed by atoms with van der Waals surface area (Å²) in [6, 6.07) is 5.63. The third-order valence-corrected chi connectivity index (χ3v) is 12.3. The molecule has 4 heteroatoms. The van der Waals surface area contributed by atoms with Crippen LogP contribution in [0.4, 0.5) is 0 Å². The van der Waals surface area contributed by atoms with E-state index in [1.807, 2.05) is 18.2 Å². The zero-order valence-electron chi connectivity index (χ0n) is 27.1. The molecule has 7 atom stereocenters. The molecule has 0 radical (unpaired) electrons. The van der Waals surface area contributed by atoms with Gasteiger partial charge in [-0.15, -0.1) is 0 Å². The Morgan fingerprint density at radius 3 is 2.50 bits per heavy atom. The van der Waals surface area contributed by atoms with Crippen molar-refractivity contribution in [1.29, 1.82) is 0 Å². The van der Waals surface area contributed by atoms with Crippen molar-refractivity contribution in [2.75, 3.05) is 14.2 Å². The molecule has 232 valence electrons. The topological polar surface area (TPSA) is 44.8 Å². The lowest BCUT2D eigenvalue weighted by molar-refractivity contribution is -0.145. The van der Waals surface area contributed by atoms with Crippen LogP contribution in [0.25, 0.3) is 6.08 Å². The smallest absolute Gasteiger partial charge is 0.331 e. The lowest BCUT2D eigenvalue weighted by Crippen LogP contribution is -2.50. The first-order valence-corrected chi connectivity index (χ1v) is 17.1. The Morgan fingerprint density at radius 2 is 1.71 bits per heavy atom. The maximum absolute atomic E-state index is 12.8. The summed E-state index contributed by atoms with van der Waals surface area (Å²) in [7, 11) is 3.24. The second-order valence-corrected chi connectivity index (χ2v) is 14.4. The Labute approximate surface area is 255 Å². The average molecular weight is 577 g/mol. The average Bonchev–Trinajstić information content (AvgIpc) is 3.33. The number of ether oxygens (including phenoxy) is 3. The molecule has 0 saturated heterocycles. The summed E-state index contributed by atoms with van der Waals surface area (Å²) in [6.45, 7) is 7.54. The van der Waals surface area contributed by atoms with Crippen molar-refractivity contribution in [2.24, 2.45) is 34.5 Å². The van der Waals surface area contributed by atoms with E-state index in [4.69, 9.17) is 14.2 Å². The van der Waals surface area contributed by atoms with E-state index in [0.29, 0.717) is 16.9 Å². The molecule has 4 aliphatic carbocycles. The molecule has 1 aromatic rings. The van der Waals surface area contributed by atoms with Gasteiger partial charge in [-0.2, -0.15) is 0 Å². The van der Waals surface area contributed by atoms with E-state index < -0.39 is 0 Å². The maximum atomic E-state index is 12.8. The molecule has 0 aliphatic heterocycles. The highest BCUT2D eigenvalue weighted by atomic mass is 16.5. The van der Waals surface area contributed by atoms with Crippen LogP contribution in [0.3, 0.4) is 0 Å². The standard InChI is InChI=1S/C38H56O4/c1-6-7-8-9-10-11-12-28-16-18-32-31-17-15-29-26-30(21-23-38(29,3)33(31)22-24-37(28,32)2)42-36(39)20-14-27-13-19-34(40-4)35(25-27)41-5/h13-15,19-20,25,28,30-33H,6-12,16-18,21-24,26H2,1-5H3/b20-14+/t28-,30-,31-,32-,33-,37+,38-/m0/s1. The number of rotatable bonds is 12. The molecule has 5 rings (SSSR count). The monoisotopic (exact) mass is 576 g/mol. The fourth-order valence-electron chi connectivity index (χ4n) is 9.81. The zero-order chi connectivity index (χ0) is 29.7. The Hall–Kier alpha value is -2.23. The Balaban J connectivity index is 1.16. The van der Waals surface area contributed by atoms with Gasteiger partial charge in [0.05, 0.1) is 14.2 Å². The van der Waals surface area contributed by atoms with Crippen molar-refractivity contribution < 1.29 is 19.0 Å². The molecular formula is C38H56O4. The van der Waals surface area contributed by atoms with Crippen molar-refractivity contribution in [3.63, 3.8) is 0 Å². The van der Waals surface area contributed by atoms with Crippen LogP contribution >= 0.6 is 0 Å². The number of methoxy groups -OCH3 is 2. The molecule has 0 spiro atoms. The van der Waals surface area contributed by atoms with Gasteiger partial charge in [0.1, 0.15) is 6.10 Å². The number of esters is 1. The van der Waals surface area contributed by atoms with Gasteiger partial charge >= 0.3 is 5.97 Å². The van der Waals surface area contributed by atoms with Gasteiger partial charge in [-0.1, -0.05) is 77.0 Å². The van der Waals surface area contributed by atoms with Crippen LogP contribution in [0, 0.1) is 34.5 Å². The first-order valence-electron chi connectivity index (χ1n) is 17.1. The molecule has 0 N–H and O–H groups in total. The molecule has 0 aromatic heterocycles. The van der Waals surface area contributed by atoms with E-state index in [9.17, 15) is 4.79 Å². The van der Waals surface area contributed by atoms with E-state index in [0.717, 1.165) is 48.5 Å². The molecule has 4 nitrogen and oxygen atoms in total. The minimum Gasteiger partial charge on any atom is -0.493 e. The van der Waals surface area contributed by atoms with Crippen LogP contribution in [0.1, 0.15) is 123 Å². The number of fused-ring (bicyclic) bond motifs is 5. The van der Waals surface area contributed by atoms with Crippen LogP contribution < -0.4 is 9.47 Å². The van der Waals surface area contributed by atoms with Gasteiger partial charge in [0, 0.05) is 12.5 Å². The summed E-state index contributed by atoms with van der Waals surface area (Å²) in [6.07, 6.45) is 25.8. The van der Waals surface area contributed by atoms with Gasteiger partial charge in [-0.3, -0.25) is 0 Å². The zero-order valence-corrected chi connectivity index (χ0v) is 27.1. The Kier molecular flexibility index (Phi) is 10.1. The third kappa shape index (κ3) is 6.34. The van der Waals surface area contributed by atoms with Crippen LogP contribution in [0.15, 0.2) is 35.9 Å². The van der Waals surface area contributed by atoms with E-state index in [1.165, 1.54) is 77.0 Å². The molecule has 4 aliphatic rings. The predicted molar refractivity (Wildman–Crippen MR) is 172 cm³/mol. The summed E-state index contributed by atoms with van der Waals surface area (Å²) in [5, 5.41) is 0. The molecular weight excluding hydrogens is 520 g/mol. The third-order valence-electron chi connectivity index (χ3n) is 12.3. The van der Waals surface area contributed by atoms with Gasteiger partial charge in [0.15, 0.2) is 11.5 Å². The summed E-state index contributed by atoms with van der Waals surface area (Å²) in [4.78, 5) is 12.8. The van der Waals surface area contributed by atoms with Gasteiger partial charge in [0.2, 0.25) is 0 Å². The fourth-order valence-corrected chi connectivity index (χ4v) is 9.81. The van der Waals surface area contributed by atoms with E-state index in [1.54, 1.807) is 31.9 Å². The SMILES string of the molecule is CCCCCCCC[C@H]1CC[C@H]2[C@@H]3CC=C4C[C@@H](OC(=O)/C=C/c5ccc(OC)c(OC)c5)CC[C@]4(C)[C@H]3CC[C@]12C. The maximum Gasteiger partial charge on any atom is 0.331 e. The van der Waals surface area contributed by atoms with E-state index in [2.05, 4.69) is 26.8 Å². The molecule has 42 heavy (non-hydrogen) atoms. The molecule has 3 fully saturated rings. The minimum atomic E-state index is -0.261. The van der Waals surface area contributed by atoms with E-state index in [-0.39, 0.29) is 17.5 Å². The highest BCUT2D eigenvalue weighted by Crippen LogP contribution is 2.66. The van der Waals surface area contributed by atoms with Crippen LogP contribution in [-0.4, -0.2) is 26.3 Å². The number of benzene rings is 1. The molecule has 1 aromatic carbocycles. The second kappa shape index (κ2) is 13.6. The predicted octanol–water partition coefficient (Wildman–Crippen LogP) is 9.96. The Morgan fingerprint density at radius 1 is 0.929 bits per heavy atom. The number of unbranched alkanes of at least 4 members (excludes halogenated alkanes) is 5. The van der Waals surface area contributed by atoms with Crippen LogP contribution in [0.2, 0.25) is 0 Å². The largest absolute Gasteiger partial charge is 0.493 e. The lowest BCUT2D eigenvalue weighted by atomic mass is 9.47. The minimum absolute atomic E-state index is 0.0227. The van der Waals surface area contributed by atoms with Gasteiger partial charge in [-0.05, 0) is 110 Å². The lowest BCUT2D eigenvalue weighted by Gasteiger charge is -2.58. The molecule has 0 heterocycles. The molecule has 0 amide bonds. The van der Waals surface area contributed by atoms with Crippen molar-refractivity contribution in [1.82, 2.24) is 0 Å². The number of carbonyl (C=O) groups is 1.